The van der Waals surface area contributed by atoms with Gasteiger partial charge in [0.05, 0.1) is 7.11 Å². The first kappa shape index (κ1) is 15.5. The number of rotatable bonds is 7. The van der Waals surface area contributed by atoms with Gasteiger partial charge < -0.3 is 15.4 Å². The molecule has 2 rings (SSSR count). The van der Waals surface area contributed by atoms with Crippen molar-refractivity contribution in [3.05, 3.63) is 65.2 Å². The molecule has 0 spiro atoms. The van der Waals surface area contributed by atoms with Gasteiger partial charge in [-0.1, -0.05) is 36.4 Å². The smallest absolute Gasteiger partial charge is 0.118 e. The Labute approximate surface area is 127 Å². The SMILES string of the molecule is COc1ccc(CCN(C)Cc2ccccc2CN)cc1. The van der Waals surface area contributed by atoms with Crippen LogP contribution in [0.15, 0.2) is 48.5 Å². The van der Waals surface area contributed by atoms with Crippen molar-refractivity contribution in [1.29, 1.82) is 0 Å². The van der Waals surface area contributed by atoms with Crippen LogP contribution in [0.3, 0.4) is 0 Å². The summed E-state index contributed by atoms with van der Waals surface area (Å²) in [5, 5.41) is 0. The van der Waals surface area contributed by atoms with Gasteiger partial charge >= 0.3 is 0 Å². The van der Waals surface area contributed by atoms with Gasteiger partial charge in [0.2, 0.25) is 0 Å². The quantitative estimate of drug-likeness (QED) is 0.849. The highest BCUT2D eigenvalue weighted by Gasteiger charge is 2.05. The lowest BCUT2D eigenvalue weighted by atomic mass is 10.1. The van der Waals surface area contributed by atoms with E-state index in [-0.39, 0.29) is 0 Å². The highest BCUT2D eigenvalue weighted by Crippen LogP contribution is 2.13. The Hall–Kier alpha value is -1.84. The Morgan fingerprint density at radius 2 is 1.67 bits per heavy atom. The average molecular weight is 284 g/mol. The molecule has 0 bridgehead atoms. The molecule has 0 aromatic heterocycles. The molecule has 0 aliphatic rings. The number of methoxy groups -OCH3 is 1. The zero-order valence-corrected chi connectivity index (χ0v) is 12.9. The van der Waals surface area contributed by atoms with Crippen molar-refractivity contribution >= 4 is 0 Å². The number of hydrogen-bond acceptors (Lipinski definition) is 3. The van der Waals surface area contributed by atoms with Crippen molar-refractivity contribution in [1.82, 2.24) is 4.90 Å². The maximum absolute atomic E-state index is 5.79. The lowest BCUT2D eigenvalue weighted by molar-refractivity contribution is 0.330. The Morgan fingerprint density at radius 3 is 2.29 bits per heavy atom. The van der Waals surface area contributed by atoms with Crippen LogP contribution in [0.2, 0.25) is 0 Å². The van der Waals surface area contributed by atoms with Crippen LogP contribution in [0.4, 0.5) is 0 Å². The molecule has 0 saturated carbocycles. The van der Waals surface area contributed by atoms with Crippen LogP contribution in [-0.4, -0.2) is 25.6 Å². The predicted octanol–water partition coefficient (Wildman–Crippen LogP) is 2.83. The molecular weight excluding hydrogens is 260 g/mol. The third-order valence-electron chi connectivity index (χ3n) is 3.72. The van der Waals surface area contributed by atoms with E-state index in [1.165, 1.54) is 16.7 Å². The minimum absolute atomic E-state index is 0.600. The molecule has 3 heteroatoms. The molecule has 2 aromatic carbocycles. The summed E-state index contributed by atoms with van der Waals surface area (Å²) in [6.45, 7) is 2.55. The topological polar surface area (TPSA) is 38.5 Å². The number of likely N-dealkylation sites (N-methyl/N-ethyl adjacent to an activating group) is 1. The summed E-state index contributed by atoms with van der Waals surface area (Å²) in [4.78, 5) is 2.33. The molecule has 0 aliphatic heterocycles. The van der Waals surface area contributed by atoms with Crippen LogP contribution in [0.5, 0.6) is 5.75 Å². The molecule has 0 aliphatic carbocycles. The van der Waals surface area contributed by atoms with E-state index in [0.29, 0.717) is 6.54 Å². The second kappa shape index (κ2) is 7.81. The van der Waals surface area contributed by atoms with Crippen LogP contribution < -0.4 is 10.5 Å². The Morgan fingerprint density at radius 1 is 1.00 bits per heavy atom. The van der Waals surface area contributed by atoms with Crippen molar-refractivity contribution in [2.45, 2.75) is 19.5 Å². The van der Waals surface area contributed by atoms with Crippen molar-refractivity contribution in [2.24, 2.45) is 5.73 Å². The lowest BCUT2D eigenvalue weighted by Crippen LogP contribution is -2.21. The first-order valence-electron chi connectivity index (χ1n) is 7.31. The minimum Gasteiger partial charge on any atom is -0.497 e. The summed E-state index contributed by atoms with van der Waals surface area (Å²) >= 11 is 0. The summed E-state index contributed by atoms with van der Waals surface area (Å²) in [5.74, 6) is 0.906. The Bertz CT molecular complexity index is 551. The van der Waals surface area contributed by atoms with Crippen LogP contribution in [0.25, 0.3) is 0 Å². The summed E-state index contributed by atoms with van der Waals surface area (Å²) < 4.78 is 5.18. The fourth-order valence-electron chi connectivity index (χ4n) is 2.39. The highest BCUT2D eigenvalue weighted by molar-refractivity contribution is 5.28. The molecule has 2 aromatic rings. The third kappa shape index (κ3) is 4.59. The van der Waals surface area contributed by atoms with Gasteiger partial charge in [-0.3, -0.25) is 0 Å². The lowest BCUT2D eigenvalue weighted by Gasteiger charge is -2.18. The van der Waals surface area contributed by atoms with Gasteiger partial charge in [0.15, 0.2) is 0 Å². The zero-order chi connectivity index (χ0) is 15.1. The molecule has 0 unspecified atom stereocenters. The largest absolute Gasteiger partial charge is 0.497 e. The number of nitrogens with two attached hydrogens (primary N) is 1. The third-order valence-corrected chi connectivity index (χ3v) is 3.72. The van der Waals surface area contributed by atoms with E-state index in [0.717, 1.165) is 25.3 Å². The fraction of sp³-hybridized carbons (Fsp3) is 0.333. The predicted molar refractivity (Wildman–Crippen MR) is 87.4 cm³/mol. The number of hydrogen-bond donors (Lipinski definition) is 1. The molecule has 21 heavy (non-hydrogen) atoms. The van der Waals surface area contributed by atoms with Crippen molar-refractivity contribution in [3.8, 4) is 5.75 Å². The zero-order valence-electron chi connectivity index (χ0n) is 12.9. The van der Waals surface area contributed by atoms with E-state index in [1.54, 1.807) is 7.11 Å². The van der Waals surface area contributed by atoms with E-state index in [9.17, 15) is 0 Å². The second-order valence-corrected chi connectivity index (χ2v) is 5.31. The molecule has 112 valence electrons. The maximum atomic E-state index is 5.79. The summed E-state index contributed by atoms with van der Waals surface area (Å²) in [5.41, 5.74) is 9.66. The summed E-state index contributed by atoms with van der Waals surface area (Å²) in [6, 6.07) is 16.7. The Balaban J connectivity index is 1.87. The van der Waals surface area contributed by atoms with E-state index in [2.05, 4.69) is 42.3 Å². The van der Waals surface area contributed by atoms with E-state index >= 15 is 0 Å². The first-order valence-corrected chi connectivity index (χ1v) is 7.31. The molecule has 2 N–H and O–H groups in total. The van der Waals surface area contributed by atoms with Crippen LogP contribution in [0.1, 0.15) is 16.7 Å². The second-order valence-electron chi connectivity index (χ2n) is 5.31. The van der Waals surface area contributed by atoms with Crippen LogP contribution in [-0.2, 0) is 19.5 Å². The maximum Gasteiger partial charge on any atom is 0.118 e. The van der Waals surface area contributed by atoms with Gasteiger partial charge in [-0.05, 0) is 42.3 Å². The van der Waals surface area contributed by atoms with Gasteiger partial charge in [-0.25, -0.2) is 0 Å². The van der Waals surface area contributed by atoms with Gasteiger partial charge in [-0.2, -0.15) is 0 Å². The first-order chi connectivity index (χ1) is 10.2. The van der Waals surface area contributed by atoms with Crippen molar-refractivity contribution < 1.29 is 4.74 Å². The van der Waals surface area contributed by atoms with Crippen LogP contribution >= 0.6 is 0 Å². The van der Waals surface area contributed by atoms with Crippen molar-refractivity contribution in [3.63, 3.8) is 0 Å². The molecule has 0 atom stereocenters. The highest BCUT2D eigenvalue weighted by atomic mass is 16.5. The van der Waals surface area contributed by atoms with Gasteiger partial charge in [0, 0.05) is 19.6 Å². The Kier molecular flexibility index (Phi) is 5.78. The fourth-order valence-corrected chi connectivity index (χ4v) is 2.39. The number of benzene rings is 2. The van der Waals surface area contributed by atoms with E-state index in [4.69, 9.17) is 10.5 Å². The van der Waals surface area contributed by atoms with Gasteiger partial charge in [0.25, 0.3) is 0 Å². The molecule has 0 saturated heterocycles. The minimum atomic E-state index is 0.600. The monoisotopic (exact) mass is 284 g/mol. The summed E-state index contributed by atoms with van der Waals surface area (Å²) in [6.07, 6.45) is 1.03. The van der Waals surface area contributed by atoms with E-state index in [1.807, 2.05) is 18.2 Å². The molecule has 0 heterocycles. The molecule has 0 amide bonds. The standard InChI is InChI=1S/C18H24N2O/c1-20(14-17-6-4-3-5-16(17)13-19)12-11-15-7-9-18(21-2)10-8-15/h3-10H,11-14,19H2,1-2H3. The normalized spacial score (nSPS) is 10.9. The van der Waals surface area contributed by atoms with Gasteiger partial charge in [0.1, 0.15) is 5.75 Å². The van der Waals surface area contributed by atoms with Crippen molar-refractivity contribution in [2.75, 3.05) is 20.7 Å². The molecule has 0 radical (unpaired) electrons. The van der Waals surface area contributed by atoms with E-state index < -0.39 is 0 Å². The number of nitrogens with zero attached hydrogens (tertiary/aromatic N) is 1. The molecule has 3 nitrogen and oxygen atoms in total. The summed E-state index contributed by atoms with van der Waals surface area (Å²) in [7, 11) is 3.84. The number of ether oxygens (including phenoxy) is 1. The van der Waals surface area contributed by atoms with Gasteiger partial charge in [-0.15, -0.1) is 0 Å². The van der Waals surface area contributed by atoms with Crippen LogP contribution in [0, 0.1) is 0 Å². The molecule has 0 fully saturated rings. The molecular formula is C18H24N2O. The average Bonchev–Trinajstić information content (AvgIpc) is 2.54.